The molecule has 0 aliphatic rings. The highest BCUT2D eigenvalue weighted by molar-refractivity contribution is 9.10. The molecule has 3 heteroatoms. The van der Waals surface area contributed by atoms with Crippen molar-refractivity contribution in [3.05, 3.63) is 63.6 Å². The molecule has 0 heterocycles. The summed E-state index contributed by atoms with van der Waals surface area (Å²) in [5, 5.41) is 3.54. The molecule has 2 nitrogen and oxygen atoms in total. The Morgan fingerprint density at radius 2 is 1.85 bits per heavy atom. The monoisotopic (exact) mass is 333 g/mol. The van der Waals surface area contributed by atoms with Gasteiger partial charge in [0.25, 0.3) is 0 Å². The lowest BCUT2D eigenvalue weighted by Crippen LogP contribution is -2.18. The summed E-state index contributed by atoms with van der Waals surface area (Å²) in [7, 11) is 1.69. The third-order valence-electron chi connectivity index (χ3n) is 3.43. The lowest BCUT2D eigenvalue weighted by molar-refractivity contribution is 0.413. The van der Waals surface area contributed by atoms with Crippen molar-refractivity contribution in [2.75, 3.05) is 7.11 Å². The van der Waals surface area contributed by atoms with Crippen LogP contribution in [0.4, 0.5) is 0 Å². The van der Waals surface area contributed by atoms with E-state index in [1.807, 2.05) is 12.1 Å². The minimum absolute atomic E-state index is 0.314. The van der Waals surface area contributed by atoms with Crippen molar-refractivity contribution in [3.8, 4) is 5.75 Å². The Morgan fingerprint density at radius 1 is 1.15 bits per heavy atom. The van der Waals surface area contributed by atoms with Crippen LogP contribution in [0.1, 0.15) is 29.7 Å². The SMILES string of the molecule is COc1ccc(Br)c(CNC(C)c2ccc(C)cc2)c1. The first-order valence-corrected chi connectivity index (χ1v) is 7.52. The van der Waals surface area contributed by atoms with Crippen LogP contribution >= 0.6 is 15.9 Å². The number of hydrogen-bond acceptors (Lipinski definition) is 2. The number of ether oxygens (including phenoxy) is 1. The van der Waals surface area contributed by atoms with Crippen molar-refractivity contribution in [3.63, 3.8) is 0 Å². The lowest BCUT2D eigenvalue weighted by atomic mass is 10.1. The average Bonchev–Trinajstić information content (AvgIpc) is 2.47. The van der Waals surface area contributed by atoms with Gasteiger partial charge in [-0.15, -0.1) is 0 Å². The van der Waals surface area contributed by atoms with Gasteiger partial charge in [-0.3, -0.25) is 0 Å². The molecule has 0 spiro atoms. The van der Waals surface area contributed by atoms with Gasteiger partial charge in [-0.05, 0) is 43.2 Å². The van der Waals surface area contributed by atoms with Gasteiger partial charge in [-0.1, -0.05) is 45.8 Å². The minimum atomic E-state index is 0.314. The van der Waals surface area contributed by atoms with Gasteiger partial charge in [-0.2, -0.15) is 0 Å². The van der Waals surface area contributed by atoms with E-state index in [2.05, 4.69) is 65.4 Å². The molecule has 20 heavy (non-hydrogen) atoms. The number of halogens is 1. The molecule has 0 aromatic heterocycles. The van der Waals surface area contributed by atoms with Crippen molar-refractivity contribution in [1.29, 1.82) is 0 Å². The Balaban J connectivity index is 2.02. The van der Waals surface area contributed by atoms with Gasteiger partial charge < -0.3 is 10.1 Å². The number of hydrogen-bond donors (Lipinski definition) is 1. The van der Waals surface area contributed by atoms with E-state index in [4.69, 9.17) is 4.74 Å². The van der Waals surface area contributed by atoms with Crippen LogP contribution in [0.25, 0.3) is 0 Å². The fraction of sp³-hybridized carbons (Fsp3) is 0.294. The molecule has 0 bridgehead atoms. The van der Waals surface area contributed by atoms with Crippen LogP contribution < -0.4 is 10.1 Å². The van der Waals surface area contributed by atoms with Crippen molar-refractivity contribution >= 4 is 15.9 Å². The summed E-state index contributed by atoms with van der Waals surface area (Å²) in [5.41, 5.74) is 3.79. The van der Waals surface area contributed by atoms with Gasteiger partial charge in [-0.25, -0.2) is 0 Å². The summed E-state index contributed by atoms with van der Waals surface area (Å²) < 4.78 is 6.36. The van der Waals surface area contributed by atoms with E-state index >= 15 is 0 Å². The highest BCUT2D eigenvalue weighted by Crippen LogP contribution is 2.23. The Labute approximate surface area is 129 Å². The van der Waals surface area contributed by atoms with Gasteiger partial charge in [0.15, 0.2) is 0 Å². The lowest BCUT2D eigenvalue weighted by Gasteiger charge is -2.16. The van der Waals surface area contributed by atoms with Crippen LogP contribution in [0.15, 0.2) is 46.9 Å². The van der Waals surface area contributed by atoms with E-state index in [-0.39, 0.29) is 0 Å². The zero-order valence-corrected chi connectivity index (χ0v) is 13.7. The molecule has 106 valence electrons. The topological polar surface area (TPSA) is 21.3 Å². The molecule has 0 amide bonds. The maximum Gasteiger partial charge on any atom is 0.119 e. The first kappa shape index (κ1) is 15.1. The Kier molecular flexibility index (Phi) is 5.21. The van der Waals surface area contributed by atoms with E-state index in [9.17, 15) is 0 Å². The van der Waals surface area contributed by atoms with Gasteiger partial charge in [0.05, 0.1) is 7.11 Å². The summed E-state index contributed by atoms with van der Waals surface area (Å²) in [4.78, 5) is 0. The summed E-state index contributed by atoms with van der Waals surface area (Å²) in [6, 6.07) is 15.0. The molecule has 2 aromatic carbocycles. The van der Waals surface area contributed by atoms with E-state index in [0.29, 0.717) is 6.04 Å². The molecule has 2 rings (SSSR count). The van der Waals surface area contributed by atoms with Gasteiger partial charge >= 0.3 is 0 Å². The molecular formula is C17H20BrNO. The summed E-state index contributed by atoms with van der Waals surface area (Å²) in [6.07, 6.45) is 0. The molecular weight excluding hydrogens is 314 g/mol. The summed E-state index contributed by atoms with van der Waals surface area (Å²) in [6.45, 7) is 5.08. The predicted molar refractivity (Wildman–Crippen MR) is 87.1 cm³/mol. The summed E-state index contributed by atoms with van der Waals surface area (Å²) >= 11 is 3.58. The van der Waals surface area contributed by atoms with E-state index in [0.717, 1.165) is 16.8 Å². The number of aryl methyl sites for hydroxylation is 1. The predicted octanol–water partition coefficient (Wildman–Crippen LogP) is 4.62. The Morgan fingerprint density at radius 3 is 2.50 bits per heavy atom. The third-order valence-corrected chi connectivity index (χ3v) is 4.20. The number of rotatable bonds is 5. The second kappa shape index (κ2) is 6.91. The van der Waals surface area contributed by atoms with E-state index in [1.165, 1.54) is 16.7 Å². The molecule has 2 aromatic rings. The third kappa shape index (κ3) is 3.84. The summed E-state index contributed by atoms with van der Waals surface area (Å²) in [5.74, 6) is 0.882. The standard InChI is InChI=1S/C17H20BrNO/c1-12-4-6-14(7-5-12)13(2)19-11-15-10-16(20-3)8-9-17(15)18/h4-10,13,19H,11H2,1-3H3. The van der Waals surface area contributed by atoms with Gasteiger partial charge in [0.1, 0.15) is 5.75 Å². The fourth-order valence-electron chi connectivity index (χ4n) is 2.05. The molecule has 1 N–H and O–H groups in total. The highest BCUT2D eigenvalue weighted by Gasteiger charge is 2.07. The van der Waals surface area contributed by atoms with Crippen LogP contribution in [0.2, 0.25) is 0 Å². The normalized spacial score (nSPS) is 12.2. The molecule has 0 radical (unpaired) electrons. The number of nitrogens with one attached hydrogen (secondary N) is 1. The number of benzene rings is 2. The molecule has 0 saturated carbocycles. The molecule has 0 saturated heterocycles. The van der Waals surface area contributed by atoms with Crippen molar-refractivity contribution < 1.29 is 4.74 Å². The maximum absolute atomic E-state index is 5.27. The van der Waals surface area contributed by atoms with Crippen molar-refractivity contribution in [2.45, 2.75) is 26.4 Å². The Hall–Kier alpha value is -1.32. The first-order chi connectivity index (χ1) is 9.60. The van der Waals surface area contributed by atoms with Crippen molar-refractivity contribution in [2.24, 2.45) is 0 Å². The average molecular weight is 334 g/mol. The number of methoxy groups -OCH3 is 1. The van der Waals surface area contributed by atoms with Crippen LogP contribution in [-0.4, -0.2) is 7.11 Å². The largest absolute Gasteiger partial charge is 0.497 e. The van der Waals surface area contributed by atoms with Crippen LogP contribution in [0.5, 0.6) is 5.75 Å². The van der Waals surface area contributed by atoms with Gasteiger partial charge in [0.2, 0.25) is 0 Å². The molecule has 0 aliphatic carbocycles. The minimum Gasteiger partial charge on any atom is -0.497 e. The van der Waals surface area contributed by atoms with Crippen molar-refractivity contribution in [1.82, 2.24) is 5.32 Å². The zero-order valence-electron chi connectivity index (χ0n) is 12.1. The second-order valence-corrected chi connectivity index (χ2v) is 5.82. The van der Waals surface area contributed by atoms with Crippen LogP contribution in [0, 0.1) is 6.92 Å². The van der Waals surface area contributed by atoms with Crippen LogP contribution in [-0.2, 0) is 6.54 Å². The molecule has 0 aliphatic heterocycles. The van der Waals surface area contributed by atoms with Crippen LogP contribution in [0.3, 0.4) is 0 Å². The quantitative estimate of drug-likeness (QED) is 0.862. The van der Waals surface area contributed by atoms with E-state index < -0.39 is 0 Å². The molecule has 1 atom stereocenters. The van der Waals surface area contributed by atoms with Gasteiger partial charge in [0, 0.05) is 17.1 Å². The molecule has 0 fully saturated rings. The smallest absolute Gasteiger partial charge is 0.119 e. The zero-order chi connectivity index (χ0) is 14.5. The Bertz CT molecular complexity index is 566. The maximum atomic E-state index is 5.27. The fourth-order valence-corrected chi connectivity index (χ4v) is 2.44. The second-order valence-electron chi connectivity index (χ2n) is 4.97. The molecule has 1 unspecified atom stereocenters. The highest BCUT2D eigenvalue weighted by atomic mass is 79.9. The first-order valence-electron chi connectivity index (χ1n) is 6.72. The van der Waals surface area contributed by atoms with E-state index in [1.54, 1.807) is 7.11 Å².